The van der Waals surface area contributed by atoms with Gasteiger partial charge in [-0.25, -0.2) is 9.37 Å². The SMILES string of the molecule is CC1CNNC1c1cc(Cl)cc(Nc2ccc(CN=Nc3ncc(F)c(N4CCOCC4)n3)nc2)c1. The van der Waals surface area contributed by atoms with Gasteiger partial charge in [0.05, 0.1) is 43.0 Å². The number of pyridine rings is 1. The molecule has 2 fully saturated rings. The molecule has 2 aliphatic rings. The van der Waals surface area contributed by atoms with Gasteiger partial charge in [-0.15, -0.1) is 5.11 Å². The second kappa shape index (κ2) is 11.2. The van der Waals surface area contributed by atoms with Crippen LogP contribution in [0.5, 0.6) is 0 Å². The van der Waals surface area contributed by atoms with Crippen molar-refractivity contribution in [2.45, 2.75) is 19.5 Å². The van der Waals surface area contributed by atoms with Crippen molar-refractivity contribution in [1.29, 1.82) is 0 Å². The van der Waals surface area contributed by atoms with Crippen LogP contribution in [0.1, 0.15) is 24.2 Å². The van der Waals surface area contributed by atoms with Gasteiger partial charge in [0.1, 0.15) is 6.54 Å². The number of nitrogens with one attached hydrogen (secondary N) is 3. The number of aromatic nitrogens is 3. The van der Waals surface area contributed by atoms with Crippen LogP contribution >= 0.6 is 11.6 Å². The van der Waals surface area contributed by atoms with Gasteiger partial charge >= 0.3 is 0 Å². The Hall–Kier alpha value is -3.25. The van der Waals surface area contributed by atoms with E-state index >= 15 is 0 Å². The van der Waals surface area contributed by atoms with Crippen LogP contribution in [0.3, 0.4) is 0 Å². The summed E-state index contributed by atoms with van der Waals surface area (Å²) in [6, 6.07) is 9.93. The number of anilines is 3. The quantitative estimate of drug-likeness (QED) is 0.402. The average molecular weight is 512 g/mol. The van der Waals surface area contributed by atoms with E-state index in [9.17, 15) is 4.39 Å². The van der Waals surface area contributed by atoms with Gasteiger partial charge in [-0.1, -0.05) is 18.5 Å². The molecule has 3 N–H and O–H groups in total. The average Bonchev–Trinajstić information content (AvgIpc) is 3.32. The predicted octanol–water partition coefficient (Wildman–Crippen LogP) is 4.31. The number of hydrogen-bond acceptors (Lipinski definition) is 10. The van der Waals surface area contributed by atoms with E-state index in [2.05, 4.69) is 54.3 Å². The summed E-state index contributed by atoms with van der Waals surface area (Å²) in [5.41, 5.74) is 10.0. The van der Waals surface area contributed by atoms with Crippen LogP contribution in [0.2, 0.25) is 5.02 Å². The zero-order chi connectivity index (χ0) is 24.9. The molecule has 5 rings (SSSR count). The first kappa shape index (κ1) is 24.4. The van der Waals surface area contributed by atoms with Crippen molar-refractivity contribution in [2.75, 3.05) is 43.1 Å². The first-order chi connectivity index (χ1) is 17.5. The molecule has 2 aromatic heterocycles. The van der Waals surface area contributed by atoms with Gasteiger partial charge in [-0.05, 0) is 41.8 Å². The number of halogens is 2. The standard InChI is InChI=1S/C24H27ClFN9O/c1-15-11-29-33-22(15)16-8-17(25)10-20(9-16)31-19-3-2-18(27-12-19)13-30-34-24-28-14-21(26)23(32-24)35-4-6-36-7-5-35/h2-3,8-10,12,14-15,22,29,31,33H,4-7,11,13H2,1H3. The maximum Gasteiger partial charge on any atom is 0.270 e. The lowest BCUT2D eigenvalue weighted by atomic mass is 9.96. The van der Waals surface area contributed by atoms with E-state index in [-0.39, 0.29) is 24.4 Å². The topological polar surface area (TPSA) is 112 Å². The molecule has 10 nitrogen and oxygen atoms in total. The van der Waals surface area contributed by atoms with Gasteiger partial charge in [-0.2, -0.15) is 10.1 Å². The van der Waals surface area contributed by atoms with Gasteiger partial charge in [-0.3, -0.25) is 15.8 Å². The molecule has 36 heavy (non-hydrogen) atoms. The van der Waals surface area contributed by atoms with Crippen molar-refractivity contribution >= 4 is 34.7 Å². The second-order valence-corrected chi connectivity index (χ2v) is 9.19. The van der Waals surface area contributed by atoms with Crippen molar-refractivity contribution in [3.63, 3.8) is 0 Å². The third-order valence-corrected chi connectivity index (χ3v) is 6.28. The van der Waals surface area contributed by atoms with Gasteiger partial charge in [0.25, 0.3) is 5.95 Å². The summed E-state index contributed by atoms with van der Waals surface area (Å²) in [6.07, 6.45) is 2.85. The lowest BCUT2D eigenvalue weighted by Gasteiger charge is -2.27. The van der Waals surface area contributed by atoms with E-state index in [0.29, 0.717) is 37.2 Å². The molecule has 0 radical (unpaired) electrons. The van der Waals surface area contributed by atoms with Crippen molar-refractivity contribution in [1.82, 2.24) is 25.8 Å². The third kappa shape index (κ3) is 5.93. The predicted molar refractivity (Wildman–Crippen MR) is 135 cm³/mol. The summed E-state index contributed by atoms with van der Waals surface area (Å²) in [4.78, 5) is 14.4. The van der Waals surface area contributed by atoms with E-state index in [1.54, 1.807) is 6.20 Å². The zero-order valence-electron chi connectivity index (χ0n) is 19.8. The first-order valence-electron chi connectivity index (χ1n) is 11.8. The Morgan fingerprint density at radius 3 is 2.78 bits per heavy atom. The second-order valence-electron chi connectivity index (χ2n) is 8.76. The monoisotopic (exact) mass is 511 g/mol. The van der Waals surface area contributed by atoms with Crippen molar-refractivity contribution in [3.8, 4) is 0 Å². The molecule has 0 saturated carbocycles. The van der Waals surface area contributed by atoms with Gasteiger partial charge < -0.3 is 15.0 Å². The normalized spacial score (nSPS) is 20.2. The number of benzene rings is 1. The molecule has 0 amide bonds. The summed E-state index contributed by atoms with van der Waals surface area (Å²) >= 11 is 6.37. The van der Waals surface area contributed by atoms with E-state index in [0.717, 1.165) is 35.4 Å². The Balaban J connectivity index is 1.21. The van der Waals surface area contributed by atoms with E-state index in [1.807, 2.05) is 29.2 Å². The lowest BCUT2D eigenvalue weighted by molar-refractivity contribution is 0.122. The minimum Gasteiger partial charge on any atom is -0.378 e. The van der Waals surface area contributed by atoms with Crippen molar-refractivity contribution in [3.05, 3.63) is 64.8 Å². The summed E-state index contributed by atoms with van der Waals surface area (Å²) in [6.45, 7) is 5.54. The van der Waals surface area contributed by atoms with Gasteiger partial charge in [0, 0.05) is 30.3 Å². The molecule has 0 spiro atoms. The van der Waals surface area contributed by atoms with Crippen LogP contribution in [-0.4, -0.2) is 47.8 Å². The highest BCUT2D eigenvalue weighted by Crippen LogP contribution is 2.30. The Labute approximate surface area is 213 Å². The summed E-state index contributed by atoms with van der Waals surface area (Å²) in [5, 5.41) is 12.2. The van der Waals surface area contributed by atoms with Crippen LogP contribution in [0.4, 0.5) is 27.5 Å². The van der Waals surface area contributed by atoms with E-state index < -0.39 is 5.82 Å². The Morgan fingerprint density at radius 2 is 2.03 bits per heavy atom. The molecular weight excluding hydrogens is 485 g/mol. The molecule has 0 aliphatic carbocycles. The molecule has 12 heteroatoms. The molecule has 1 aromatic carbocycles. The molecule has 3 aromatic rings. The molecule has 2 atom stereocenters. The highest BCUT2D eigenvalue weighted by Gasteiger charge is 2.24. The number of nitrogens with zero attached hydrogens (tertiary/aromatic N) is 6. The van der Waals surface area contributed by atoms with Crippen LogP contribution in [-0.2, 0) is 11.3 Å². The molecule has 188 valence electrons. The van der Waals surface area contributed by atoms with Crippen LogP contribution < -0.4 is 21.1 Å². The van der Waals surface area contributed by atoms with Crippen molar-refractivity contribution < 1.29 is 9.13 Å². The van der Waals surface area contributed by atoms with Crippen molar-refractivity contribution in [2.24, 2.45) is 16.1 Å². The largest absolute Gasteiger partial charge is 0.378 e. The molecule has 0 bridgehead atoms. The minimum atomic E-state index is -0.488. The van der Waals surface area contributed by atoms with E-state index in [4.69, 9.17) is 16.3 Å². The molecule has 2 unspecified atom stereocenters. The maximum absolute atomic E-state index is 14.2. The summed E-state index contributed by atoms with van der Waals surface area (Å²) < 4.78 is 19.5. The van der Waals surface area contributed by atoms with Crippen LogP contribution in [0, 0.1) is 11.7 Å². The highest BCUT2D eigenvalue weighted by molar-refractivity contribution is 6.31. The first-order valence-corrected chi connectivity index (χ1v) is 12.2. The Morgan fingerprint density at radius 1 is 1.17 bits per heavy atom. The smallest absolute Gasteiger partial charge is 0.270 e. The van der Waals surface area contributed by atoms with Crippen LogP contribution in [0.15, 0.2) is 53.0 Å². The summed E-state index contributed by atoms with van der Waals surface area (Å²) in [7, 11) is 0. The number of hydrazine groups is 1. The fourth-order valence-corrected chi connectivity index (χ4v) is 4.43. The molecule has 4 heterocycles. The Kier molecular flexibility index (Phi) is 7.61. The number of morpholine rings is 1. The van der Waals surface area contributed by atoms with Crippen LogP contribution in [0.25, 0.3) is 0 Å². The summed E-state index contributed by atoms with van der Waals surface area (Å²) in [5.74, 6) is 0.291. The zero-order valence-corrected chi connectivity index (χ0v) is 20.5. The fraction of sp³-hybridized carbons (Fsp3) is 0.375. The molecule has 2 saturated heterocycles. The number of ether oxygens (including phenoxy) is 1. The maximum atomic E-state index is 14.2. The van der Waals surface area contributed by atoms with Gasteiger partial charge in [0.2, 0.25) is 0 Å². The number of azo groups is 1. The minimum absolute atomic E-state index is 0.106. The highest BCUT2D eigenvalue weighted by atomic mass is 35.5. The Bertz CT molecular complexity index is 1220. The van der Waals surface area contributed by atoms with E-state index in [1.165, 1.54) is 0 Å². The molecular formula is C24H27ClFN9O. The van der Waals surface area contributed by atoms with Gasteiger partial charge in [0.15, 0.2) is 11.6 Å². The molecule has 2 aliphatic heterocycles. The third-order valence-electron chi connectivity index (χ3n) is 6.06. The number of rotatable bonds is 7. The number of hydrogen-bond donors (Lipinski definition) is 3. The fourth-order valence-electron chi connectivity index (χ4n) is 4.19. The lowest BCUT2D eigenvalue weighted by Crippen LogP contribution is -2.37.